The summed E-state index contributed by atoms with van der Waals surface area (Å²) in [5.74, 6) is 0.888. The molecule has 1 amide bonds. The Bertz CT molecular complexity index is 588. The quantitative estimate of drug-likeness (QED) is 0.831. The van der Waals surface area contributed by atoms with Crippen LogP contribution in [0, 0.1) is 0 Å². The third kappa shape index (κ3) is 3.85. The zero-order valence-electron chi connectivity index (χ0n) is 12.5. The predicted molar refractivity (Wildman–Crippen MR) is 82.7 cm³/mol. The molecule has 0 fully saturated rings. The van der Waals surface area contributed by atoms with Gasteiger partial charge in [0.05, 0.1) is 20.8 Å². The van der Waals surface area contributed by atoms with Crippen LogP contribution in [0.25, 0.3) is 0 Å². The molecule has 0 aliphatic rings. The molecule has 0 aromatic heterocycles. The highest BCUT2D eigenvalue weighted by Gasteiger charge is 2.10. The van der Waals surface area contributed by atoms with Crippen molar-refractivity contribution in [1.82, 2.24) is 5.32 Å². The average Bonchev–Trinajstić information content (AvgIpc) is 2.59. The van der Waals surface area contributed by atoms with Gasteiger partial charge in [-0.25, -0.2) is 0 Å². The second-order valence-electron chi connectivity index (χ2n) is 4.56. The van der Waals surface area contributed by atoms with Gasteiger partial charge in [0.15, 0.2) is 5.78 Å². The van der Waals surface area contributed by atoms with Gasteiger partial charge in [0, 0.05) is 11.1 Å². The fourth-order valence-corrected chi connectivity index (χ4v) is 1.88. The van der Waals surface area contributed by atoms with E-state index in [1.807, 2.05) is 0 Å². The molecule has 0 aliphatic carbocycles. The molecule has 2 rings (SSSR count). The minimum absolute atomic E-state index is 0.0583. The number of nitrogens with one attached hydrogen (secondary N) is 1. The highest BCUT2D eigenvalue weighted by atomic mass is 16.5. The van der Waals surface area contributed by atoms with Crippen LogP contribution in [-0.4, -0.2) is 32.5 Å². The smallest absolute Gasteiger partial charge is 0.251 e. The lowest BCUT2D eigenvalue weighted by molar-refractivity contribution is 0.0904. The van der Waals surface area contributed by atoms with Gasteiger partial charge in [0.1, 0.15) is 11.5 Å². The third-order valence-corrected chi connectivity index (χ3v) is 3.17. The van der Waals surface area contributed by atoms with E-state index < -0.39 is 0 Å². The van der Waals surface area contributed by atoms with Gasteiger partial charge in [0.25, 0.3) is 5.91 Å². The summed E-state index contributed by atoms with van der Waals surface area (Å²) >= 11 is 0. The van der Waals surface area contributed by atoms with Crippen LogP contribution in [0.5, 0.6) is 11.5 Å². The van der Waals surface area contributed by atoms with Gasteiger partial charge in [-0.3, -0.25) is 9.59 Å². The van der Waals surface area contributed by atoms with Gasteiger partial charge in [-0.15, -0.1) is 0 Å². The molecular weight excluding hydrogens is 282 g/mol. The molecule has 2 aromatic carbocycles. The lowest BCUT2D eigenvalue weighted by atomic mass is 10.1. The van der Waals surface area contributed by atoms with Crippen LogP contribution in [0.4, 0.5) is 0 Å². The number of amides is 1. The van der Waals surface area contributed by atoms with Crippen molar-refractivity contribution in [2.24, 2.45) is 0 Å². The second kappa shape index (κ2) is 7.26. The maximum atomic E-state index is 12.0. The van der Waals surface area contributed by atoms with E-state index in [9.17, 15) is 9.59 Å². The Hall–Kier alpha value is -2.82. The van der Waals surface area contributed by atoms with Crippen LogP contribution in [0.2, 0.25) is 0 Å². The molecule has 1 N–H and O–H groups in total. The van der Waals surface area contributed by atoms with Crippen molar-refractivity contribution in [3.63, 3.8) is 0 Å². The van der Waals surface area contributed by atoms with Crippen LogP contribution in [0.1, 0.15) is 20.7 Å². The molecule has 0 radical (unpaired) electrons. The first-order valence-corrected chi connectivity index (χ1v) is 6.73. The summed E-state index contributed by atoms with van der Waals surface area (Å²) in [7, 11) is 3.12. The first kappa shape index (κ1) is 15.6. The van der Waals surface area contributed by atoms with E-state index in [0.717, 1.165) is 0 Å². The first-order chi connectivity index (χ1) is 10.6. The zero-order chi connectivity index (χ0) is 15.9. The van der Waals surface area contributed by atoms with Crippen LogP contribution >= 0.6 is 0 Å². The van der Waals surface area contributed by atoms with Crippen molar-refractivity contribution in [3.8, 4) is 11.5 Å². The summed E-state index contributed by atoms with van der Waals surface area (Å²) in [5, 5.41) is 2.60. The molecule has 114 valence electrons. The van der Waals surface area contributed by atoms with E-state index >= 15 is 0 Å². The Morgan fingerprint density at radius 3 is 1.73 bits per heavy atom. The largest absolute Gasteiger partial charge is 0.497 e. The molecule has 0 atom stereocenters. The Kier molecular flexibility index (Phi) is 5.14. The molecule has 0 bridgehead atoms. The summed E-state index contributed by atoms with van der Waals surface area (Å²) in [6, 6.07) is 13.4. The Balaban J connectivity index is 1.92. The molecule has 0 unspecified atom stereocenters. The SMILES string of the molecule is COc1ccc(C(=O)CNC(=O)c2ccc(OC)cc2)cc1. The number of carbonyl (C=O) groups is 2. The van der Waals surface area contributed by atoms with Gasteiger partial charge in [-0.2, -0.15) is 0 Å². The lowest BCUT2D eigenvalue weighted by Gasteiger charge is -2.06. The molecular formula is C17H17NO4. The number of hydrogen-bond acceptors (Lipinski definition) is 4. The summed E-state index contributed by atoms with van der Waals surface area (Å²) in [6.07, 6.45) is 0. The van der Waals surface area contributed by atoms with Crippen molar-refractivity contribution >= 4 is 11.7 Å². The number of hydrogen-bond donors (Lipinski definition) is 1. The number of carbonyl (C=O) groups excluding carboxylic acids is 2. The molecule has 0 aliphatic heterocycles. The first-order valence-electron chi connectivity index (χ1n) is 6.73. The third-order valence-electron chi connectivity index (χ3n) is 3.17. The maximum absolute atomic E-state index is 12.0. The topological polar surface area (TPSA) is 64.6 Å². The number of ether oxygens (including phenoxy) is 2. The Labute approximate surface area is 128 Å². The van der Waals surface area contributed by atoms with Gasteiger partial charge >= 0.3 is 0 Å². The highest BCUT2D eigenvalue weighted by Crippen LogP contribution is 2.12. The van der Waals surface area contributed by atoms with E-state index in [2.05, 4.69) is 5.32 Å². The van der Waals surface area contributed by atoms with E-state index in [0.29, 0.717) is 22.6 Å². The lowest BCUT2D eigenvalue weighted by Crippen LogP contribution is -2.29. The maximum Gasteiger partial charge on any atom is 0.251 e. The van der Waals surface area contributed by atoms with E-state index in [1.54, 1.807) is 62.8 Å². The van der Waals surface area contributed by atoms with E-state index in [1.165, 1.54) is 0 Å². The number of benzene rings is 2. The van der Waals surface area contributed by atoms with Gasteiger partial charge in [-0.1, -0.05) is 0 Å². The molecule has 5 heteroatoms. The second-order valence-corrected chi connectivity index (χ2v) is 4.56. The molecule has 0 saturated carbocycles. The Morgan fingerprint density at radius 1 is 0.818 bits per heavy atom. The van der Waals surface area contributed by atoms with Crippen molar-refractivity contribution < 1.29 is 19.1 Å². The molecule has 5 nitrogen and oxygen atoms in total. The molecule has 2 aromatic rings. The van der Waals surface area contributed by atoms with Crippen molar-refractivity contribution in [2.75, 3.05) is 20.8 Å². The fourth-order valence-electron chi connectivity index (χ4n) is 1.88. The van der Waals surface area contributed by atoms with Crippen molar-refractivity contribution in [1.29, 1.82) is 0 Å². The summed E-state index contributed by atoms with van der Waals surface area (Å²) in [5.41, 5.74) is 0.999. The summed E-state index contributed by atoms with van der Waals surface area (Å²) in [4.78, 5) is 24.0. The summed E-state index contributed by atoms with van der Waals surface area (Å²) in [6.45, 7) is -0.0583. The predicted octanol–water partition coefficient (Wildman–Crippen LogP) is 2.32. The number of ketones is 1. The Morgan fingerprint density at radius 2 is 1.27 bits per heavy atom. The van der Waals surface area contributed by atoms with Gasteiger partial charge < -0.3 is 14.8 Å². The van der Waals surface area contributed by atoms with Crippen LogP contribution in [-0.2, 0) is 0 Å². The normalized spacial score (nSPS) is 9.91. The van der Waals surface area contributed by atoms with Crippen LogP contribution < -0.4 is 14.8 Å². The van der Waals surface area contributed by atoms with E-state index in [-0.39, 0.29) is 18.2 Å². The minimum Gasteiger partial charge on any atom is -0.497 e. The molecule has 0 saturated heterocycles. The fraction of sp³-hybridized carbons (Fsp3) is 0.176. The number of Topliss-reactive ketones (excluding diaryl/α,β-unsaturated/α-hetero) is 1. The number of rotatable bonds is 6. The van der Waals surface area contributed by atoms with Crippen molar-refractivity contribution in [3.05, 3.63) is 59.7 Å². The van der Waals surface area contributed by atoms with Gasteiger partial charge in [0.2, 0.25) is 0 Å². The summed E-state index contributed by atoms with van der Waals surface area (Å²) < 4.78 is 10.1. The monoisotopic (exact) mass is 299 g/mol. The zero-order valence-corrected chi connectivity index (χ0v) is 12.5. The minimum atomic E-state index is -0.301. The van der Waals surface area contributed by atoms with Gasteiger partial charge in [-0.05, 0) is 48.5 Å². The average molecular weight is 299 g/mol. The highest BCUT2D eigenvalue weighted by molar-refractivity contribution is 6.02. The standard InChI is InChI=1S/C17H17NO4/c1-21-14-7-3-12(4-8-14)16(19)11-18-17(20)13-5-9-15(22-2)10-6-13/h3-10H,11H2,1-2H3,(H,18,20). The van der Waals surface area contributed by atoms with Crippen LogP contribution in [0.15, 0.2) is 48.5 Å². The van der Waals surface area contributed by atoms with Crippen molar-refractivity contribution in [2.45, 2.75) is 0 Å². The van der Waals surface area contributed by atoms with Crippen LogP contribution in [0.3, 0.4) is 0 Å². The van der Waals surface area contributed by atoms with E-state index in [4.69, 9.17) is 9.47 Å². The number of methoxy groups -OCH3 is 2. The molecule has 0 heterocycles. The molecule has 22 heavy (non-hydrogen) atoms. The molecule has 0 spiro atoms.